The van der Waals surface area contributed by atoms with Gasteiger partial charge in [-0.2, -0.15) is 0 Å². The number of carbonyl (C=O) groups excluding carboxylic acids is 1. The number of carboxylic acid groups (broad SMARTS) is 1. The van der Waals surface area contributed by atoms with Crippen LogP contribution in [0, 0.1) is 6.92 Å². The molecule has 0 bridgehead atoms. The van der Waals surface area contributed by atoms with Gasteiger partial charge >= 0.3 is 5.97 Å². The average molecular weight is 322 g/mol. The number of aryl methyl sites for hydroxylation is 1. The molecule has 0 saturated carbocycles. The van der Waals surface area contributed by atoms with E-state index in [1.165, 1.54) is 25.4 Å². The molecule has 1 atom stereocenters. The fraction of sp³-hybridized carbons (Fsp3) is 0.400. The van der Waals surface area contributed by atoms with Crippen LogP contribution in [-0.4, -0.2) is 30.1 Å². The molecule has 0 radical (unpaired) electrons. The Labute approximate surface area is 111 Å². The molecule has 1 rings (SSSR count). The van der Waals surface area contributed by atoms with Crippen molar-refractivity contribution in [1.82, 2.24) is 5.32 Å². The van der Waals surface area contributed by atoms with Crippen molar-refractivity contribution in [3.63, 3.8) is 0 Å². The number of thiophene rings is 1. The molecule has 0 spiro atoms. The molecule has 0 aliphatic carbocycles. The third-order valence-electron chi connectivity index (χ3n) is 2.10. The molecule has 0 unspecified atom stereocenters. The highest BCUT2D eigenvalue weighted by Gasteiger charge is 2.23. The summed E-state index contributed by atoms with van der Waals surface area (Å²) in [6, 6.07) is -0.937. The summed E-state index contributed by atoms with van der Waals surface area (Å²) in [5.74, 6) is -1.09. The topological polar surface area (TPSA) is 75.6 Å². The van der Waals surface area contributed by atoms with Crippen molar-refractivity contribution in [1.29, 1.82) is 0 Å². The minimum absolute atomic E-state index is 0.366. The lowest BCUT2D eigenvalue weighted by atomic mass is 10.3. The Kier molecular flexibility index (Phi) is 4.53. The highest BCUT2D eigenvalue weighted by atomic mass is 79.9. The number of amides is 1. The van der Waals surface area contributed by atoms with Gasteiger partial charge in [-0.3, -0.25) is 9.59 Å². The molecule has 1 aromatic heterocycles. The van der Waals surface area contributed by atoms with E-state index in [2.05, 4.69) is 21.2 Å². The maximum atomic E-state index is 11.8. The Morgan fingerprint density at radius 3 is 2.59 bits per heavy atom. The van der Waals surface area contributed by atoms with Gasteiger partial charge in [0.2, 0.25) is 0 Å². The Balaban J connectivity index is 2.97. The van der Waals surface area contributed by atoms with Gasteiger partial charge in [-0.15, -0.1) is 11.3 Å². The highest BCUT2D eigenvalue weighted by Crippen LogP contribution is 2.38. The molecule has 17 heavy (non-hydrogen) atoms. The van der Waals surface area contributed by atoms with E-state index in [1.807, 2.05) is 6.92 Å². The van der Waals surface area contributed by atoms with Gasteiger partial charge in [-0.05, 0) is 29.8 Å². The van der Waals surface area contributed by atoms with E-state index in [-0.39, 0.29) is 0 Å². The number of ether oxygens (including phenoxy) is 1. The molecule has 0 fully saturated rings. The second kappa shape index (κ2) is 5.50. The summed E-state index contributed by atoms with van der Waals surface area (Å²) in [5.41, 5.74) is 0. The lowest BCUT2D eigenvalue weighted by Crippen LogP contribution is -2.38. The maximum Gasteiger partial charge on any atom is 0.325 e. The Morgan fingerprint density at radius 2 is 2.12 bits per heavy atom. The van der Waals surface area contributed by atoms with Crippen LogP contribution in [0.25, 0.3) is 0 Å². The van der Waals surface area contributed by atoms with Crippen LogP contribution in [0.3, 0.4) is 0 Å². The molecule has 0 saturated heterocycles. The van der Waals surface area contributed by atoms with Crippen LogP contribution in [0.5, 0.6) is 5.75 Å². The summed E-state index contributed by atoms with van der Waals surface area (Å²) >= 11 is 4.56. The number of hydrogen-bond donors (Lipinski definition) is 2. The van der Waals surface area contributed by atoms with Crippen molar-refractivity contribution in [2.45, 2.75) is 19.9 Å². The van der Waals surface area contributed by atoms with Crippen molar-refractivity contribution in [2.24, 2.45) is 0 Å². The number of carbonyl (C=O) groups is 2. The number of hydrogen-bond acceptors (Lipinski definition) is 4. The predicted octanol–water partition coefficient (Wildman–Crippen LogP) is 2.03. The van der Waals surface area contributed by atoms with Crippen LogP contribution in [-0.2, 0) is 4.79 Å². The van der Waals surface area contributed by atoms with Gasteiger partial charge in [-0.25, -0.2) is 0 Å². The number of rotatable bonds is 4. The Hall–Kier alpha value is -1.08. The summed E-state index contributed by atoms with van der Waals surface area (Å²) in [6.07, 6.45) is 0. The number of nitrogens with one attached hydrogen (secondary N) is 1. The summed E-state index contributed by atoms with van der Waals surface area (Å²) < 4.78 is 5.84. The van der Waals surface area contributed by atoms with Crippen LogP contribution in [0.2, 0.25) is 0 Å². The van der Waals surface area contributed by atoms with Crippen LogP contribution >= 0.6 is 27.3 Å². The van der Waals surface area contributed by atoms with Crippen LogP contribution in [0.15, 0.2) is 4.47 Å². The van der Waals surface area contributed by atoms with Gasteiger partial charge in [0, 0.05) is 4.88 Å². The van der Waals surface area contributed by atoms with Gasteiger partial charge in [0.1, 0.15) is 10.9 Å². The Bertz CT molecular complexity index is 457. The second-order valence-corrected chi connectivity index (χ2v) is 5.39. The van der Waals surface area contributed by atoms with E-state index < -0.39 is 17.9 Å². The number of aliphatic carboxylic acids is 1. The molecular formula is C10H12BrNO4S. The molecule has 1 aromatic rings. The molecule has 2 N–H and O–H groups in total. The van der Waals surface area contributed by atoms with Crippen molar-refractivity contribution in [3.05, 3.63) is 14.2 Å². The fourth-order valence-electron chi connectivity index (χ4n) is 1.16. The van der Waals surface area contributed by atoms with Crippen molar-refractivity contribution in [2.75, 3.05) is 7.11 Å². The second-order valence-electron chi connectivity index (χ2n) is 3.37. The SMILES string of the molecule is COc1c(C(=O)N[C@H](C)C(=O)O)sc(C)c1Br. The number of carboxylic acids is 1. The first-order chi connectivity index (χ1) is 7.88. The van der Waals surface area contributed by atoms with Gasteiger partial charge in [0.05, 0.1) is 11.6 Å². The smallest absolute Gasteiger partial charge is 0.325 e. The van der Waals surface area contributed by atoms with E-state index in [0.717, 1.165) is 9.35 Å². The number of halogens is 1. The summed E-state index contributed by atoms with van der Waals surface area (Å²) in [4.78, 5) is 23.7. The predicted molar refractivity (Wildman–Crippen MR) is 67.9 cm³/mol. The zero-order valence-corrected chi connectivity index (χ0v) is 11.9. The minimum atomic E-state index is -1.08. The lowest BCUT2D eigenvalue weighted by Gasteiger charge is -2.09. The van der Waals surface area contributed by atoms with Crippen LogP contribution in [0.1, 0.15) is 21.5 Å². The largest absolute Gasteiger partial charge is 0.494 e. The van der Waals surface area contributed by atoms with E-state index in [1.54, 1.807) is 0 Å². The third-order valence-corrected chi connectivity index (χ3v) is 4.40. The monoisotopic (exact) mass is 321 g/mol. The highest BCUT2D eigenvalue weighted by molar-refractivity contribution is 9.10. The van der Waals surface area contributed by atoms with Crippen LogP contribution in [0.4, 0.5) is 0 Å². The zero-order chi connectivity index (χ0) is 13.2. The summed E-state index contributed by atoms with van der Waals surface area (Å²) in [6.45, 7) is 3.25. The molecule has 1 heterocycles. The van der Waals surface area contributed by atoms with Crippen molar-refractivity contribution >= 4 is 39.1 Å². The molecule has 5 nitrogen and oxygen atoms in total. The van der Waals surface area contributed by atoms with Gasteiger partial charge in [-0.1, -0.05) is 0 Å². The Morgan fingerprint density at radius 1 is 1.53 bits per heavy atom. The third kappa shape index (κ3) is 2.98. The molecule has 0 aromatic carbocycles. The van der Waals surface area contributed by atoms with Gasteiger partial charge in [0.25, 0.3) is 5.91 Å². The molecular weight excluding hydrogens is 310 g/mol. The summed E-state index contributed by atoms with van der Waals surface area (Å²) in [7, 11) is 1.46. The van der Waals surface area contributed by atoms with E-state index in [9.17, 15) is 9.59 Å². The minimum Gasteiger partial charge on any atom is -0.494 e. The van der Waals surface area contributed by atoms with Gasteiger partial charge < -0.3 is 15.2 Å². The molecule has 0 aliphatic rings. The normalized spacial score (nSPS) is 12.0. The molecule has 7 heteroatoms. The van der Waals surface area contributed by atoms with Crippen LogP contribution < -0.4 is 10.1 Å². The molecule has 0 aliphatic heterocycles. The average Bonchev–Trinajstić information content (AvgIpc) is 2.55. The van der Waals surface area contributed by atoms with E-state index >= 15 is 0 Å². The standard InChI is InChI=1S/C10H12BrNO4S/c1-4(10(14)15)12-9(13)8-7(16-3)6(11)5(2)17-8/h4H,1-3H3,(H,12,13)(H,14,15)/t4-/m1/s1. The molecule has 94 valence electrons. The first kappa shape index (κ1) is 14.0. The fourth-order valence-corrected chi connectivity index (χ4v) is 2.81. The van der Waals surface area contributed by atoms with E-state index in [0.29, 0.717) is 10.6 Å². The lowest BCUT2D eigenvalue weighted by molar-refractivity contribution is -0.138. The first-order valence-electron chi connectivity index (χ1n) is 4.75. The van der Waals surface area contributed by atoms with Crippen molar-refractivity contribution in [3.8, 4) is 5.75 Å². The molecule has 1 amide bonds. The van der Waals surface area contributed by atoms with Crippen molar-refractivity contribution < 1.29 is 19.4 Å². The first-order valence-corrected chi connectivity index (χ1v) is 6.36. The maximum absolute atomic E-state index is 11.8. The van der Waals surface area contributed by atoms with Gasteiger partial charge in [0.15, 0.2) is 5.75 Å². The summed E-state index contributed by atoms with van der Waals surface area (Å²) in [5, 5.41) is 11.1. The number of methoxy groups -OCH3 is 1. The quantitative estimate of drug-likeness (QED) is 0.889. The van der Waals surface area contributed by atoms with E-state index in [4.69, 9.17) is 9.84 Å². The zero-order valence-electron chi connectivity index (χ0n) is 9.54.